The minimum absolute atomic E-state index is 0.0695. The second kappa shape index (κ2) is 5.60. The number of anilines is 1. The highest BCUT2D eigenvalue weighted by Crippen LogP contribution is 2.33. The maximum Gasteiger partial charge on any atom is 0.241 e. The molecule has 1 atom stereocenters. The van der Waals surface area contributed by atoms with Crippen LogP contribution >= 0.6 is 0 Å². The Morgan fingerprint density at radius 3 is 2.13 bits per heavy atom. The maximum absolute atomic E-state index is 12.6. The largest absolute Gasteiger partial charge is 0.274 e. The third-order valence-corrected chi connectivity index (χ3v) is 4.70. The molecule has 3 rings (SSSR count). The molecule has 1 heterocycles. The summed E-state index contributed by atoms with van der Waals surface area (Å²) in [5.74, 6) is -1.14. The van der Waals surface area contributed by atoms with Crippen molar-refractivity contribution in [2.45, 2.75) is 17.2 Å². The lowest BCUT2D eigenvalue weighted by Crippen LogP contribution is -2.30. The maximum atomic E-state index is 12.6. The lowest BCUT2D eigenvalue weighted by atomic mass is 9.98. The van der Waals surface area contributed by atoms with Crippen LogP contribution in [0.2, 0.25) is 0 Å². The highest BCUT2D eigenvalue weighted by Gasteiger charge is 2.40. The first-order valence-corrected chi connectivity index (χ1v) is 8.47. The van der Waals surface area contributed by atoms with Crippen LogP contribution in [-0.2, 0) is 19.6 Å². The van der Waals surface area contributed by atoms with Crippen molar-refractivity contribution in [1.29, 1.82) is 0 Å². The van der Waals surface area contributed by atoms with E-state index in [9.17, 15) is 18.0 Å². The number of hydrogen-bond donors (Lipinski definition) is 1. The van der Waals surface area contributed by atoms with E-state index in [4.69, 9.17) is 5.14 Å². The van der Waals surface area contributed by atoms with E-state index in [0.29, 0.717) is 5.69 Å². The molecule has 23 heavy (non-hydrogen) atoms. The van der Waals surface area contributed by atoms with Gasteiger partial charge >= 0.3 is 0 Å². The third-order valence-electron chi connectivity index (χ3n) is 3.77. The van der Waals surface area contributed by atoms with Crippen LogP contribution in [-0.4, -0.2) is 20.2 Å². The van der Waals surface area contributed by atoms with Crippen molar-refractivity contribution in [1.82, 2.24) is 0 Å². The van der Waals surface area contributed by atoms with Gasteiger partial charge in [-0.3, -0.25) is 14.5 Å². The fourth-order valence-electron chi connectivity index (χ4n) is 2.63. The molecule has 0 radical (unpaired) electrons. The highest BCUT2D eigenvalue weighted by atomic mass is 32.2. The fraction of sp³-hybridized carbons (Fsp3) is 0.125. The van der Waals surface area contributed by atoms with Crippen molar-refractivity contribution in [2.24, 2.45) is 5.14 Å². The monoisotopic (exact) mass is 330 g/mol. The Hall–Kier alpha value is -2.51. The third kappa shape index (κ3) is 2.88. The topological polar surface area (TPSA) is 97.5 Å². The van der Waals surface area contributed by atoms with Crippen molar-refractivity contribution in [3.05, 3.63) is 60.2 Å². The van der Waals surface area contributed by atoms with E-state index in [-0.39, 0.29) is 23.1 Å². The Bertz CT molecular complexity index is 861. The van der Waals surface area contributed by atoms with Crippen molar-refractivity contribution >= 4 is 27.5 Å². The lowest BCUT2D eigenvalue weighted by molar-refractivity contribution is -0.121. The van der Waals surface area contributed by atoms with E-state index in [1.807, 2.05) is 30.3 Å². The molecule has 2 N–H and O–H groups in total. The first kappa shape index (κ1) is 15.4. The standard InChI is InChI=1S/C16H14N2O4S/c17-23(21,22)13-8-6-12(7-9-13)18-15(19)10-14(16(18)20)11-4-2-1-3-5-11/h1-9,14H,10H2,(H2,17,21,22)/t14-/m0/s1. The van der Waals surface area contributed by atoms with Gasteiger partial charge in [-0.1, -0.05) is 30.3 Å². The van der Waals surface area contributed by atoms with Gasteiger partial charge in [0.05, 0.1) is 16.5 Å². The Kier molecular flexibility index (Phi) is 3.75. The summed E-state index contributed by atoms with van der Waals surface area (Å²) in [6, 6.07) is 14.5. The summed E-state index contributed by atoms with van der Waals surface area (Å²) in [6.07, 6.45) is 0.0970. The average molecular weight is 330 g/mol. The number of nitrogens with zero attached hydrogens (tertiary/aromatic N) is 1. The van der Waals surface area contributed by atoms with Gasteiger partial charge in [-0.2, -0.15) is 0 Å². The van der Waals surface area contributed by atoms with Crippen LogP contribution in [0.5, 0.6) is 0 Å². The molecule has 7 heteroatoms. The summed E-state index contributed by atoms with van der Waals surface area (Å²) in [6.45, 7) is 0. The molecule has 1 aliphatic rings. The number of rotatable bonds is 3. The Morgan fingerprint density at radius 2 is 1.57 bits per heavy atom. The van der Waals surface area contributed by atoms with Crippen LogP contribution < -0.4 is 10.0 Å². The number of hydrogen-bond acceptors (Lipinski definition) is 4. The number of sulfonamides is 1. The summed E-state index contributed by atoms with van der Waals surface area (Å²) in [7, 11) is -3.81. The van der Waals surface area contributed by atoms with Crippen molar-refractivity contribution in [3.63, 3.8) is 0 Å². The van der Waals surface area contributed by atoms with Crippen LogP contribution in [0.15, 0.2) is 59.5 Å². The molecule has 1 fully saturated rings. The van der Waals surface area contributed by atoms with E-state index >= 15 is 0 Å². The van der Waals surface area contributed by atoms with Crippen molar-refractivity contribution in [2.75, 3.05) is 4.90 Å². The number of nitrogens with two attached hydrogens (primary N) is 1. The summed E-state index contributed by atoms with van der Waals surface area (Å²) in [4.78, 5) is 25.8. The van der Waals surface area contributed by atoms with Gasteiger partial charge in [0.15, 0.2) is 0 Å². The van der Waals surface area contributed by atoms with Crippen LogP contribution in [0.4, 0.5) is 5.69 Å². The number of amides is 2. The number of carbonyl (C=O) groups excluding carboxylic acids is 2. The van der Waals surface area contributed by atoms with Gasteiger partial charge in [0.25, 0.3) is 0 Å². The predicted octanol–water partition coefficient (Wildman–Crippen LogP) is 1.38. The average Bonchev–Trinajstić information content (AvgIpc) is 2.82. The van der Waals surface area contributed by atoms with E-state index < -0.39 is 15.9 Å². The smallest absolute Gasteiger partial charge is 0.241 e. The molecule has 6 nitrogen and oxygen atoms in total. The van der Waals surface area contributed by atoms with Gasteiger partial charge in [0.2, 0.25) is 21.8 Å². The van der Waals surface area contributed by atoms with Gasteiger partial charge in [-0.25, -0.2) is 13.6 Å². The Labute approximate surface area is 133 Å². The number of carbonyl (C=O) groups is 2. The van der Waals surface area contributed by atoms with Crippen LogP contribution in [0.25, 0.3) is 0 Å². The second-order valence-corrected chi connectivity index (χ2v) is 6.84. The molecule has 0 saturated carbocycles. The molecule has 1 saturated heterocycles. The van der Waals surface area contributed by atoms with E-state index in [2.05, 4.69) is 0 Å². The summed E-state index contributed by atoms with van der Waals surface area (Å²) >= 11 is 0. The summed E-state index contributed by atoms with van der Waals surface area (Å²) in [5, 5.41) is 5.04. The van der Waals surface area contributed by atoms with E-state index in [1.165, 1.54) is 24.3 Å². The normalized spacial score (nSPS) is 18.5. The quantitative estimate of drug-likeness (QED) is 0.860. The summed E-state index contributed by atoms with van der Waals surface area (Å²) in [5.41, 5.74) is 1.13. The van der Waals surface area contributed by atoms with Gasteiger partial charge in [-0.15, -0.1) is 0 Å². The van der Waals surface area contributed by atoms with Gasteiger partial charge < -0.3 is 0 Å². The minimum atomic E-state index is -3.81. The number of primary sulfonamides is 1. The zero-order chi connectivity index (χ0) is 16.6. The Morgan fingerprint density at radius 1 is 0.957 bits per heavy atom. The molecule has 0 bridgehead atoms. The van der Waals surface area contributed by atoms with Crippen LogP contribution in [0, 0.1) is 0 Å². The molecular weight excluding hydrogens is 316 g/mol. The number of benzene rings is 2. The Balaban J connectivity index is 1.92. The summed E-state index contributed by atoms with van der Waals surface area (Å²) < 4.78 is 22.5. The molecule has 0 spiro atoms. The molecule has 0 aromatic heterocycles. The molecule has 0 unspecified atom stereocenters. The highest BCUT2D eigenvalue weighted by molar-refractivity contribution is 7.89. The number of imide groups is 1. The van der Waals surface area contributed by atoms with Crippen molar-refractivity contribution < 1.29 is 18.0 Å². The van der Waals surface area contributed by atoms with E-state index in [1.54, 1.807) is 0 Å². The zero-order valence-corrected chi connectivity index (χ0v) is 12.9. The molecule has 1 aliphatic heterocycles. The van der Waals surface area contributed by atoms with E-state index in [0.717, 1.165) is 10.5 Å². The second-order valence-electron chi connectivity index (χ2n) is 5.27. The SMILES string of the molecule is NS(=O)(=O)c1ccc(N2C(=O)C[C@@H](c3ccccc3)C2=O)cc1. The molecule has 2 amide bonds. The zero-order valence-electron chi connectivity index (χ0n) is 12.0. The van der Waals surface area contributed by atoms with Crippen molar-refractivity contribution in [3.8, 4) is 0 Å². The van der Waals surface area contributed by atoms with Crippen LogP contribution in [0.3, 0.4) is 0 Å². The molecule has 2 aromatic carbocycles. The molecule has 2 aromatic rings. The van der Waals surface area contributed by atoms with Gasteiger partial charge in [0.1, 0.15) is 0 Å². The van der Waals surface area contributed by atoms with Crippen LogP contribution in [0.1, 0.15) is 17.9 Å². The molecular formula is C16H14N2O4S. The molecule has 118 valence electrons. The lowest BCUT2D eigenvalue weighted by Gasteiger charge is -2.15. The molecule has 0 aliphatic carbocycles. The predicted molar refractivity (Wildman–Crippen MR) is 84.1 cm³/mol. The van der Waals surface area contributed by atoms with Gasteiger partial charge in [-0.05, 0) is 29.8 Å². The first-order valence-electron chi connectivity index (χ1n) is 6.92. The minimum Gasteiger partial charge on any atom is -0.274 e. The fourth-order valence-corrected chi connectivity index (χ4v) is 3.15. The first-order chi connectivity index (χ1) is 10.9. The van der Waals surface area contributed by atoms with Gasteiger partial charge in [0, 0.05) is 6.42 Å².